The fourth-order valence-electron chi connectivity index (χ4n) is 3.17. The maximum absolute atomic E-state index is 12.9. The van der Waals surface area contributed by atoms with Crippen LogP contribution in [-0.4, -0.2) is 84.1 Å². The van der Waals surface area contributed by atoms with Gasteiger partial charge in [-0.1, -0.05) is 5.16 Å². The number of carboxylic acids is 1. The van der Waals surface area contributed by atoms with E-state index in [1.807, 2.05) is 0 Å². The first-order valence-corrected chi connectivity index (χ1v) is 11.0. The molecule has 1 saturated heterocycles. The van der Waals surface area contributed by atoms with Gasteiger partial charge in [-0.2, -0.15) is 0 Å². The number of oxime groups is 1. The number of amides is 2. The van der Waals surface area contributed by atoms with Gasteiger partial charge < -0.3 is 30.0 Å². The molecule has 2 amide bonds. The lowest BCUT2D eigenvalue weighted by atomic mass is 10.2. The van der Waals surface area contributed by atoms with Gasteiger partial charge in [0.15, 0.2) is 16.5 Å². The number of nitrogens with one attached hydrogen (secondary N) is 1. The number of hydrogen-bond acceptors (Lipinski definition) is 12. The second-order valence-electron chi connectivity index (χ2n) is 6.18. The van der Waals surface area contributed by atoms with Crippen molar-refractivity contribution >= 4 is 47.6 Å². The van der Waals surface area contributed by atoms with Crippen LogP contribution in [0.3, 0.4) is 0 Å². The maximum atomic E-state index is 12.9. The fraction of sp³-hybridized carbons (Fsp3) is 0.400. The Morgan fingerprint density at radius 1 is 1.39 bits per heavy atom. The fourth-order valence-corrected chi connectivity index (χ4v) is 5.09. The average Bonchev–Trinajstić information content (AvgIpc) is 3.41. The third kappa shape index (κ3) is 4.05. The highest BCUT2D eigenvalue weighted by Gasteiger charge is 2.52. The van der Waals surface area contributed by atoms with Crippen LogP contribution in [0.4, 0.5) is 5.13 Å². The Kier molecular flexibility index (Phi) is 6.43. The summed E-state index contributed by atoms with van der Waals surface area (Å²) in [5, 5.41) is 19.5. The molecule has 16 heteroatoms. The van der Waals surface area contributed by atoms with Crippen molar-refractivity contribution in [3.63, 3.8) is 0 Å². The molecule has 2 aliphatic rings. The zero-order valence-electron chi connectivity index (χ0n) is 16.6. The quantitative estimate of drug-likeness (QED) is 0.248. The van der Waals surface area contributed by atoms with E-state index in [1.54, 1.807) is 0 Å². The Bertz CT molecular complexity index is 1030. The molecule has 2 aliphatic heterocycles. The number of nitrogens with zero attached hydrogens (tertiary/aromatic N) is 4. The van der Waals surface area contributed by atoms with E-state index in [0.717, 1.165) is 30.6 Å². The number of hydrogen-bond donors (Lipinski definition) is 3. The van der Waals surface area contributed by atoms with E-state index in [1.165, 1.54) is 17.5 Å². The Morgan fingerprint density at radius 2 is 2.06 bits per heavy atom. The molecule has 4 N–H and O–H groups in total. The topological polar surface area (TPSA) is 186 Å². The molecule has 14 nitrogen and oxygen atoms in total. The molecule has 1 atom stereocenters. The summed E-state index contributed by atoms with van der Waals surface area (Å²) in [5.41, 5.74) is 5.00. The third-order valence-electron chi connectivity index (χ3n) is 4.48. The van der Waals surface area contributed by atoms with Gasteiger partial charge in [-0.3, -0.25) is 14.2 Å². The zero-order chi connectivity index (χ0) is 22.9. The molecule has 1 aromatic rings. The summed E-state index contributed by atoms with van der Waals surface area (Å²) in [6.07, 6.45) is 0. The standard InChI is InChI=1S/C15H19N6O8PS/c1-27-19-10(8-6-31-15(16)18-8)12(22)17-7-4-20-5-9(30(26,28-2)29-3)11(14(24)25)21(20)13(7)23/h6-7H,4-5H2,1-3H3,(H2,16,18)(H,17,22)(H,24,25)/b19-10-/t7-/m0/s1. The first kappa shape index (κ1) is 22.8. The molecule has 3 heterocycles. The molecule has 1 aromatic heterocycles. The van der Waals surface area contributed by atoms with Gasteiger partial charge in [-0.15, -0.1) is 11.3 Å². The van der Waals surface area contributed by atoms with Crippen molar-refractivity contribution in [3.05, 3.63) is 22.1 Å². The maximum Gasteiger partial charge on any atom is 0.360 e. The summed E-state index contributed by atoms with van der Waals surface area (Å²) >= 11 is 1.09. The minimum absolute atomic E-state index is 0.0856. The van der Waals surface area contributed by atoms with Crippen molar-refractivity contribution in [2.75, 3.05) is 40.2 Å². The van der Waals surface area contributed by atoms with Gasteiger partial charge in [-0.05, 0) is 0 Å². The van der Waals surface area contributed by atoms with E-state index >= 15 is 0 Å². The van der Waals surface area contributed by atoms with Crippen molar-refractivity contribution < 1.29 is 37.9 Å². The highest BCUT2D eigenvalue weighted by atomic mass is 32.1. The number of carbonyl (C=O) groups is 3. The highest BCUT2D eigenvalue weighted by Crippen LogP contribution is 2.58. The number of anilines is 1. The number of hydrazine groups is 1. The number of thiazole rings is 1. The summed E-state index contributed by atoms with van der Waals surface area (Å²) < 4.78 is 22.5. The summed E-state index contributed by atoms with van der Waals surface area (Å²) in [4.78, 5) is 46.1. The lowest BCUT2D eigenvalue weighted by molar-refractivity contribution is -0.143. The molecule has 0 aliphatic carbocycles. The van der Waals surface area contributed by atoms with Gasteiger partial charge in [0.05, 0.1) is 11.9 Å². The molecular weight excluding hydrogens is 455 g/mol. The summed E-state index contributed by atoms with van der Waals surface area (Å²) in [7, 11) is -0.444. The molecule has 0 spiro atoms. The first-order valence-electron chi connectivity index (χ1n) is 8.57. The number of nitrogens with two attached hydrogens (primary N) is 1. The number of rotatable bonds is 8. The van der Waals surface area contributed by atoms with Crippen LogP contribution in [0, 0.1) is 0 Å². The number of nitrogen functional groups attached to an aromatic ring is 1. The van der Waals surface area contributed by atoms with Crippen LogP contribution < -0.4 is 11.1 Å². The normalized spacial score (nSPS) is 19.7. The Morgan fingerprint density at radius 3 is 2.58 bits per heavy atom. The SMILES string of the molecule is CO/N=C(\C(=O)N[C@H]1CN2CC(P(=O)(OC)OC)=C(C(=O)O)N2C1=O)c1csc(N)n1. The van der Waals surface area contributed by atoms with Gasteiger partial charge in [0.1, 0.15) is 18.8 Å². The zero-order valence-corrected chi connectivity index (χ0v) is 18.3. The largest absolute Gasteiger partial charge is 0.477 e. The van der Waals surface area contributed by atoms with Gasteiger partial charge in [0, 0.05) is 26.1 Å². The Hall–Kier alpha value is -2.84. The van der Waals surface area contributed by atoms with Crippen molar-refractivity contribution in [3.8, 4) is 0 Å². The van der Waals surface area contributed by atoms with Gasteiger partial charge in [0.2, 0.25) is 0 Å². The Labute approximate surface area is 179 Å². The van der Waals surface area contributed by atoms with E-state index in [-0.39, 0.29) is 34.9 Å². The molecule has 1 fully saturated rings. The van der Waals surface area contributed by atoms with Crippen molar-refractivity contribution in [1.29, 1.82) is 0 Å². The minimum Gasteiger partial charge on any atom is -0.477 e. The monoisotopic (exact) mass is 474 g/mol. The van der Waals surface area contributed by atoms with Crippen LogP contribution in [0.15, 0.2) is 21.5 Å². The van der Waals surface area contributed by atoms with Gasteiger partial charge in [-0.25, -0.2) is 19.8 Å². The summed E-state index contributed by atoms with van der Waals surface area (Å²) in [6, 6.07) is -1.11. The van der Waals surface area contributed by atoms with Gasteiger partial charge in [0.25, 0.3) is 11.8 Å². The van der Waals surface area contributed by atoms with Crippen LogP contribution in [0.5, 0.6) is 0 Å². The number of fused-ring (bicyclic) bond motifs is 1. The number of aliphatic carboxylic acids is 1. The lowest BCUT2D eigenvalue weighted by Gasteiger charge is -2.18. The average molecular weight is 474 g/mol. The second kappa shape index (κ2) is 8.72. The molecule has 3 rings (SSSR count). The van der Waals surface area contributed by atoms with Crippen molar-refractivity contribution in [1.82, 2.24) is 20.3 Å². The number of carboxylic acid groups (broad SMARTS) is 1. The van der Waals surface area contributed by atoms with Gasteiger partial charge >= 0.3 is 13.6 Å². The Balaban J connectivity index is 1.85. The van der Waals surface area contributed by atoms with Crippen LogP contribution in [0.1, 0.15) is 5.69 Å². The molecular formula is C15H19N6O8PS. The van der Waals surface area contributed by atoms with Crippen LogP contribution in [0.25, 0.3) is 0 Å². The molecule has 0 aromatic carbocycles. The second-order valence-corrected chi connectivity index (χ2v) is 9.33. The molecule has 31 heavy (non-hydrogen) atoms. The molecule has 168 valence electrons. The predicted octanol–water partition coefficient (Wildman–Crippen LogP) is -0.584. The van der Waals surface area contributed by atoms with E-state index in [4.69, 9.17) is 14.8 Å². The van der Waals surface area contributed by atoms with Crippen molar-refractivity contribution in [2.24, 2.45) is 5.16 Å². The van der Waals surface area contributed by atoms with E-state index in [2.05, 4.69) is 20.3 Å². The van der Waals surface area contributed by atoms with E-state index in [0.29, 0.717) is 0 Å². The molecule has 0 saturated carbocycles. The van der Waals surface area contributed by atoms with E-state index < -0.39 is 37.1 Å². The highest BCUT2D eigenvalue weighted by molar-refractivity contribution is 7.58. The smallest absolute Gasteiger partial charge is 0.360 e. The van der Waals surface area contributed by atoms with Crippen LogP contribution >= 0.6 is 18.9 Å². The summed E-state index contributed by atoms with van der Waals surface area (Å²) in [5.74, 6) is -3.01. The minimum atomic E-state index is -3.91. The third-order valence-corrected chi connectivity index (χ3v) is 7.13. The number of aromatic nitrogens is 1. The predicted molar refractivity (Wildman–Crippen MR) is 107 cm³/mol. The lowest BCUT2D eigenvalue weighted by Crippen LogP contribution is -2.46. The van der Waals surface area contributed by atoms with Crippen molar-refractivity contribution in [2.45, 2.75) is 6.04 Å². The van der Waals surface area contributed by atoms with Crippen LogP contribution in [-0.2, 0) is 32.8 Å². The number of carbonyl (C=O) groups excluding carboxylic acids is 2. The molecule has 0 unspecified atom stereocenters. The summed E-state index contributed by atoms with van der Waals surface area (Å²) in [6.45, 7) is -0.280. The first-order chi connectivity index (χ1) is 14.7. The molecule has 0 bridgehead atoms. The molecule has 0 radical (unpaired) electrons. The van der Waals surface area contributed by atoms with Crippen LogP contribution in [0.2, 0.25) is 0 Å². The van der Waals surface area contributed by atoms with E-state index in [9.17, 15) is 24.1 Å².